The highest BCUT2D eigenvalue weighted by Crippen LogP contribution is 2.34. The molecule has 0 unspecified atom stereocenters. The number of anilines is 3. The first-order valence-corrected chi connectivity index (χ1v) is 12.6. The number of urea groups is 1. The number of carbonyl (C=O) groups is 1. The summed E-state index contributed by atoms with van der Waals surface area (Å²) in [5, 5.41) is 9.65. The van der Waals surface area contributed by atoms with Crippen molar-refractivity contribution in [3.8, 4) is 0 Å². The third-order valence-electron chi connectivity index (χ3n) is 5.67. The Labute approximate surface area is 207 Å². The molecule has 1 heterocycles. The summed E-state index contributed by atoms with van der Waals surface area (Å²) in [5.41, 5.74) is 1.95. The van der Waals surface area contributed by atoms with Crippen LogP contribution in [-0.2, 0) is 0 Å². The second-order valence-corrected chi connectivity index (χ2v) is 10.6. The predicted octanol–water partition coefficient (Wildman–Crippen LogP) is 6.04. The Balaban J connectivity index is 1.52. The molecule has 2 aromatic rings. The first-order chi connectivity index (χ1) is 15.1. The molecule has 1 aliphatic carbocycles. The van der Waals surface area contributed by atoms with E-state index < -0.39 is 0 Å². The number of hydrogen-bond acceptors (Lipinski definition) is 5. The number of carbonyl (C=O) groups excluding carboxylic acids is 1. The van der Waals surface area contributed by atoms with Crippen molar-refractivity contribution in [3.63, 3.8) is 0 Å². The van der Waals surface area contributed by atoms with E-state index in [4.69, 9.17) is 0 Å². The van der Waals surface area contributed by atoms with Gasteiger partial charge >= 0.3 is 6.03 Å². The van der Waals surface area contributed by atoms with E-state index in [2.05, 4.69) is 83.8 Å². The smallest absolute Gasteiger partial charge is 0.319 e. The Morgan fingerprint density at radius 2 is 1.62 bits per heavy atom. The summed E-state index contributed by atoms with van der Waals surface area (Å²) in [6.07, 6.45) is 3.79. The van der Waals surface area contributed by atoms with Gasteiger partial charge in [0.2, 0.25) is 0 Å². The Morgan fingerprint density at radius 1 is 1.03 bits per heavy atom. The zero-order valence-electron chi connectivity index (χ0n) is 19.3. The van der Waals surface area contributed by atoms with Crippen LogP contribution in [0.5, 0.6) is 0 Å². The van der Waals surface area contributed by atoms with Crippen LogP contribution in [0.3, 0.4) is 0 Å². The second-order valence-electron chi connectivity index (χ2n) is 8.86. The van der Waals surface area contributed by atoms with E-state index in [1.165, 1.54) is 5.56 Å². The van der Waals surface area contributed by atoms with Gasteiger partial charge in [0.15, 0.2) is 0 Å². The van der Waals surface area contributed by atoms with Crippen LogP contribution < -0.4 is 20.9 Å². The van der Waals surface area contributed by atoms with E-state index in [0.29, 0.717) is 12.0 Å². The predicted molar refractivity (Wildman–Crippen MR) is 139 cm³/mol. The van der Waals surface area contributed by atoms with E-state index in [0.717, 1.165) is 57.8 Å². The lowest BCUT2D eigenvalue weighted by molar-refractivity contribution is 0.243. The summed E-state index contributed by atoms with van der Waals surface area (Å²) in [6, 6.07) is 6.40. The molecule has 0 aliphatic heterocycles. The van der Waals surface area contributed by atoms with Crippen molar-refractivity contribution in [1.29, 1.82) is 0 Å². The monoisotopic (exact) mass is 566 g/mol. The van der Waals surface area contributed by atoms with Gasteiger partial charge in [-0.05, 0) is 88.1 Å². The van der Waals surface area contributed by atoms with E-state index in [1.807, 2.05) is 32.0 Å². The maximum Gasteiger partial charge on any atom is 0.319 e. The summed E-state index contributed by atoms with van der Waals surface area (Å²) < 4.78 is 1.74. The van der Waals surface area contributed by atoms with Gasteiger partial charge in [0, 0.05) is 41.2 Å². The Hall–Kier alpha value is -1.87. The molecule has 0 radical (unpaired) electrons. The van der Waals surface area contributed by atoms with Gasteiger partial charge in [-0.2, -0.15) is 0 Å². The Morgan fingerprint density at radius 3 is 2.19 bits per heavy atom. The van der Waals surface area contributed by atoms with Gasteiger partial charge in [0.1, 0.15) is 17.5 Å². The van der Waals surface area contributed by atoms with Crippen molar-refractivity contribution in [2.45, 2.75) is 64.5 Å². The molecule has 174 valence electrons. The largest absolute Gasteiger partial charge is 0.367 e. The van der Waals surface area contributed by atoms with E-state index in [9.17, 15) is 4.79 Å². The summed E-state index contributed by atoms with van der Waals surface area (Å²) >= 11 is 7.17. The van der Waals surface area contributed by atoms with Crippen LogP contribution in [0.2, 0.25) is 0 Å². The minimum Gasteiger partial charge on any atom is -0.367 e. The number of aryl methyl sites for hydroxylation is 1. The highest BCUT2D eigenvalue weighted by Gasteiger charge is 2.23. The molecule has 1 aromatic heterocycles. The number of benzene rings is 1. The molecule has 3 rings (SSSR count). The van der Waals surface area contributed by atoms with Crippen molar-refractivity contribution < 1.29 is 4.79 Å². The van der Waals surface area contributed by atoms with Crippen LogP contribution >= 0.6 is 31.9 Å². The molecule has 7 nitrogen and oxygen atoms in total. The molecule has 1 fully saturated rings. The lowest BCUT2D eigenvalue weighted by atomic mass is 9.91. The number of amides is 2. The topological polar surface area (TPSA) is 82.2 Å². The Kier molecular flexibility index (Phi) is 8.38. The second kappa shape index (κ2) is 10.8. The number of halogens is 2. The molecule has 9 heteroatoms. The number of rotatable bonds is 6. The van der Waals surface area contributed by atoms with Crippen LogP contribution in [0.4, 0.5) is 22.1 Å². The third kappa shape index (κ3) is 6.57. The number of aromatic nitrogens is 2. The molecule has 2 amide bonds. The van der Waals surface area contributed by atoms with Gasteiger partial charge in [-0.25, -0.2) is 14.8 Å². The molecule has 3 N–H and O–H groups in total. The first kappa shape index (κ1) is 24.8. The van der Waals surface area contributed by atoms with E-state index >= 15 is 0 Å². The minimum atomic E-state index is -0.179. The maximum absolute atomic E-state index is 12.6. The summed E-state index contributed by atoms with van der Waals surface area (Å²) in [5.74, 6) is 2.92. The molecular formula is C23H32Br2N6O. The Bertz CT molecular complexity index is 934. The van der Waals surface area contributed by atoms with Gasteiger partial charge in [-0.3, -0.25) is 0 Å². The van der Waals surface area contributed by atoms with Gasteiger partial charge in [-0.15, -0.1) is 0 Å². The van der Waals surface area contributed by atoms with Crippen LogP contribution in [0.25, 0.3) is 0 Å². The van der Waals surface area contributed by atoms with Crippen molar-refractivity contribution in [2.75, 3.05) is 29.6 Å². The zero-order chi connectivity index (χ0) is 23.4. The standard InChI is InChI=1S/C23H32Br2N6O/c1-13(2)15-10-18(24)22(19(25)11-15)30-23(32)29-17-8-6-16(7-9-17)28-20-12-21(31(4)5)27-14(3)26-20/h10-13,16-17H,6-9H2,1-5H3,(H,26,27,28)(H2,29,30,32). The summed E-state index contributed by atoms with van der Waals surface area (Å²) in [6.45, 7) is 6.20. The number of nitrogens with zero attached hydrogens (tertiary/aromatic N) is 3. The van der Waals surface area contributed by atoms with Gasteiger partial charge in [-0.1, -0.05) is 13.8 Å². The van der Waals surface area contributed by atoms with Crippen molar-refractivity contribution in [2.24, 2.45) is 0 Å². The van der Waals surface area contributed by atoms with Crippen molar-refractivity contribution in [1.82, 2.24) is 15.3 Å². The lowest BCUT2D eigenvalue weighted by Gasteiger charge is -2.30. The van der Waals surface area contributed by atoms with Gasteiger partial charge in [0.25, 0.3) is 0 Å². The normalized spacial score (nSPS) is 18.4. The lowest BCUT2D eigenvalue weighted by Crippen LogP contribution is -2.42. The summed E-state index contributed by atoms with van der Waals surface area (Å²) in [4.78, 5) is 23.6. The van der Waals surface area contributed by atoms with E-state index in [-0.39, 0.29) is 12.1 Å². The highest BCUT2D eigenvalue weighted by molar-refractivity contribution is 9.11. The number of hydrogen-bond donors (Lipinski definition) is 3. The van der Waals surface area contributed by atoms with Crippen molar-refractivity contribution >= 4 is 55.2 Å². The van der Waals surface area contributed by atoms with Crippen LogP contribution in [0, 0.1) is 6.92 Å². The zero-order valence-corrected chi connectivity index (χ0v) is 22.5. The van der Waals surface area contributed by atoms with Crippen LogP contribution in [0.1, 0.15) is 56.8 Å². The van der Waals surface area contributed by atoms with Gasteiger partial charge in [0.05, 0.1) is 5.69 Å². The SMILES string of the molecule is Cc1nc(NC2CCC(NC(=O)Nc3c(Br)cc(C(C)C)cc3Br)CC2)cc(N(C)C)n1. The molecule has 1 aliphatic rings. The average Bonchev–Trinajstić information content (AvgIpc) is 2.71. The molecule has 0 bridgehead atoms. The molecule has 0 saturated heterocycles. The summed E-state index contributed by atoms with van der Waals surface area (Å²) in [7, 11) is 3.95. The maximum atomic E-state index is 12.6. The van der Waals surface area contributed by atoms with Crippen LogP contribution in [0.15, 0.2) is 27.1 Å². The fourth-order valence-corrected chi connectivity index (χ4v) is 5.25. The third-order valence-corrected chi connectivity index (χ3v) is 6.92. The fourth-order valence-electron chi connectivity index (χ4n) is 3.83. The molecule has 1 aromatic carbocycles. The molecule has 1 saturated carbocycles. The molecular weight excluding hydrogens is 536 g/mol. The minimum absolute atomic E-state index is 0.157. The molecule has 32 heavy (non-hydrogen) atoms. The highest BCUT2D eigenvalue weighted by atomic mass is 79.9. The van der Waals surface area contributed by atoms with Crippen LogP contribution in [-0.4, -0.2) is 42.2 Å². The molecule has 0 spiro atoms. The van der Waals surface area contributed by atoms with E-state index in [1.54, 1.807) is 0 Å². The fraction of sp³-hybridized carbons (Fsp3) is 0.522. The average molecular weight is 568 g/mol. The molecule has 0 atom stereocenters. The van der Waals surface area contributed by atoms with Crippen molar-refractivity contribution in [3.05, 3.63) is 38.5 Å². The quantitative estimate of drug-likeness (QED) is 0.396. The number of nitrogens with one attached hydrogen (secondary N) is 3. The first-order valence-electron chi connectivity index (χ1n) is 11.0. The van der Waals surface area contributed by atoms with Gasteiger partial charge < -0.3 is 20.9 Å².